The third kappa shape index (κ3) is 5.21. The highest BCUT2D eigenvalue weighted by atomic mass is 16.1. The van der Waals surface area contributed by atoms with E-state index in [0.717, 1.165) is 0 Å². The van der Waals surface area contributed by atoms with Gasteiger partial charge in [-0.05, 0) is 0 Å². The van der Waals surface area contributed by atoms with Crippen molar-refractivity contribution in [3.63, 3.8) is 0 Å². The summed E-state index contributed by atoms with van der Waals surface area (Å²) in [5.41, 5.74) is 0. The molecule has 1 amide bonds. The number of rotatable bonds is 2. The molecule has 0 saturated heterocycles. The SMILES string of the molecule is [2H]C(=C)CNC(C)=O. The summed E-state index contributed by atoms with van der Waals surface area (Å²) in [6.07, 6.45) is 0. The molecule has 0 unspecified atom stereocenters. The number of carbonyl (C=O) groups is 1. The van der Waals surface area contributed by atoms with E-state index >= 15 is 0 Å². The molecule has 0 aliphatic carbocycles. The van der Waals surface area contributed by atoms with Crippen LogP contribution in [0.1, 0.15) is 8.29 Å². The molecule has 2 heteroatoms. The minimum atomic E-state index is -0.126. The van der Waals surface area contributed by atoms with E-state index in [0.29, 0.717) is 0 Å². The normalized spacial score (nSPS) is 9.57. The maximum absolute atomic E-state index is 10.1. The maximum Gasteiger partial charge on any atom is 0.217 e. The van der Waals surface area contributed by atoms with Crippen molar-refractivity contribution in [3.8, 4) is 0 Å². The predicted octanol–water partition coefficient (Wildman–Crippen LogP) is 0.309. The van der Waals surface area contributed by atoms with E-state index in [-0.39, 0.29) is 18.5 Å². The van der Waals surface area contributed by atoms with Crippen LogP contribution in [0, 0.1) is 0 Å². The van der Waals surface area contributed by atoms with Crippen LogP contribution in [0.2, 0.25) is 0 Å². The first-order valence-electron chi connectivity index (χ1n) is 2.51. The van der Waals surface area contributed by atoms with Crippen molar-refractivity contribution in [2.45, 2.75) is 6.92 Å². The molecule has 0 heterocycles. The Morgan fingerprint density at radius 1 is 2.29 bits per heavy atom. The Kier molecular flexibility index (Phi) is 2.12. The van der Waals surface area contributed by atoms with Crippen molar-refractivity contribution in [2.24, 2.45) is 0 Å². The Labute approximate surface area is 44.6 Å². The van der Waals surface area contributed by atoms with Crippen LogP contribution >= 0.6 is 0 Å². The Hall–Kier alpha value is -0.790. The summed E-state index contributed by atoms with van der Waals surface area (Å²) in [5, 5.41) is 2.42. The molecule has 0 atom stereocenters. The zero-order chi connectivity index (χ0) is 6.57. The van der Waals surface area contributed by atoms with E-state index in [1.54, 1.807) is 0 Å². The molecular weight excluding hydrogens is 90.1 g/mol. The molecule has 7 heavy (non-hydrogen) atoms. The van der Waals surface area contributed by atoms with Gasteiger partial charge in [0.05, 0.1) is 1.37 Å². The molecule has 0 aliphatic heterocycles. The van der Waals surface area contributed by atoms with Gasteiger partial charge in [0.1, 0.15) is 0 Å². The summed E-state index contributed by atoms with van der Waals surface area (Å²) >= 11 is 0. The first-order valence-corrected chi connectivity index (χ1v) is 2.01. The number of hydrogen-bond donors (Lipinski definition) is 1. The molecule has 2 nitrogen and oxygen atoms in total. The summed E-state index contributed by atoms with van der Waals surface area (Å²) in [6.45, 7) is 4.94. The van der Waals surface area contributed by atoms with Crippen molar-refractivity contribution in [1.82, 2.24) is 5.32 Å². The highest BCUT2D eigenvalue weighted by Crippen LogP contribution is 1.59. The molecule has 0 fully saturated rings. The van der Waals surface area contributed by atoms with E-state index in [1.165, 1.54) is 6.92 Å². The van der Waals surface area contributed by atoms with Gasteiger partial charge < -0.3 is 5.32 Å². The molecule has 0 aliphatic rings. The lowest BCUT2D eigenvalue weighted by Gasteiger charge is -1.90. The third-order valence-electron chi connectivity index (χ3n) is 0.462. The zero-order valence-electron chi connectivity index (χ0n) is 5.32. The molecule has 0 saturated carbocycles. The van der Waals surface area contributed by atoms with Gasteiger partial charge in [0.25, 0.3) is 0 Å². The van der Waals surface area contributed by atoms with Crippen molar-refractivity contribution >= 4 is 5.91 Å². The van der Waals surface area contributed by atoms with Gasteiger partial charge in [0.2, 0.25) is 5.91 Å². The second-order valence-electron chi connectivity index (χ2n) is 1.16. The molecular formula is C5H9NO. The van der Waals surface area contributed by atoms with Gasteiger partial charge in [0.15, 0.2) is 0 Å². The Bertz CT molecular complexity index is 97.0. The van der Waals surface area contributed by atoms with Gasteiger partial charge >= 0.3 is 0 Å². The quantitative estimate of drug-likeness (QED) is 0.497. The first-order chi connectivity index (χ1) is 3.63. The van der Waals surface area contributed by atoms with Crippen molar-refractivity contribution < 1.29 is 6.17 Å². The molecule has 0 spiro atoms. The van der Waals surface area contributed by atoms with Crippen molar-refractivity contribution in [3.05, 3.63) is 12.6 Å². The smallest absolute Gasteiger partial charge is 0.217 e. The Balaban J connectivity index is 3.18. The third-order valence-corrected chi connectivity index (χ3v) is 0.462. The predicted molar refractivity (Wildman–Crippen MR) is 28.9 cm³/mol. The van der Waals surface area contributed by atoms with Crippen LogP contribution in [0.15, 0.2) is 12.6 Å². The second kappa shape index (κ2) is 3.40. The van der Waals surface area contributed by atoms with E-state index in [2.05, 4.69) is 11.9 Å². The monoisotopic (exact) mass is 100 g/mol. The fourth-order valence-electron chi connectivity index (χ4n) is 0.187. The summed E-state index contributed by atoms with van der Waals surface area (Å²) in [4.78, 5) is 10.1. The van der Waals surface area contributed by atoms with E-state index in [4.69, 9.17) is 1.37 Å². The average molecular weight is 100 g/mol. The van der Waals surface area contributed by atoms with Crippen LogP contribution in [-0.2, 0) is 4.79 Å². The van der Waals surface area contributed by atoms with Crippen molar-refractivity contribution in [2.75, 3.05) is 6.54 Å². The summed E-state index contributed by atoms with van der Waals surface area (Å²) < 4.78 is 6.76. The number of amides is 1. The highest BCUT2D eigenvalue weighted by molar-refractivity contribution is 5.72. The molecule has 40 valence electrons. The molecule has 0 aromatic carbocycles. The minimum Gasteiger partial charge on any atom is -0.353 e. The maximum atomic E-state index is 10.1. The molecule has 0 radical (unpaired) electrons. The first kappa shape index (κ1) is 4.37. The average Bonchev–Trinajstić information content (AvgIpc) is 1.61. The number of hydrogen-bond acceptors (Lipinski definition) is 1. The lowest BCUT2D eigenvalue weighted by Crippen LogP contribution is -2.18. The van der Waals surface area contributed by atoms with Crippen LogP contribution in [-0.4, -0.2) is 12.5 Å². The number of nitrogens with one attached hydrogen (secondary N) is 1. The summed E-state index contributed by atoms with van der Waals surface area (Å²) in [5.74, 6) is -0.126. The Morgan fingerprint density at radius 2 is 2.86 bits per heavy atom. The molecule has 0 aromatic rings. The zero-order valence-corrected chi connectivity index (χ0v) is 4.32. The van der Waals surface area contributed by atoms with Crippen LogP contribution in [0.5, 0.6) is 0 Å². The van der Waals surface area contributed by atoms with Gasteiger partial charge in [-0.2, -0.15) is 0 Å². The molecule has 0 bridgehead atoms. The van der Waals surface area contributed by atoms with Gasteiger partial charge in [-0.1, -0.05) is 6.05 Å². The molecule has 1 N–H and O–H groups in total. The van der Waals surface area contributed by atoms with Gasteiger partial charge in [-0.3, -0.25) is 4.79 Å². The van der Waals surface area contributed by atoms with E-state index < -0.39 is 0 Å². The summed E-state index contributed by atoms with van der Waals surface area (Å²) in [6, 6.07) is 0.222. The van der Waals surface area contributed by atoms with E-state index in [9.17, 15) is 4.79 Å². The lowest BCUT2D eigenvalue weighted by molar-refractivity contribution is -0.118. The van der Waals surface area contributed by atoms with Crippen LogP contribution in [0.4, 0.5) is 0 Å². The summed E-state index contributed by atoms with van der Waals surface area (Å²) in [7, 11) is 0. The fourth-order valence-corrected chi connectivity index (χ4v) is 0.187. The van der Waals surface area contributed by atoms with Crippen LogP contribution in [0.25, 0.3) is 0 Å². The van der Waals surface area contributed by atoms with Gasteiger partial charge in [0, 0.05) is 13.5 Å². The van der Waals surface area contributed by atoms with E-state index in [1.807, 2.05) is 0 Å². The molecule has 0 aromatic heterocycles. The van der Waals surface area contributed by atoms with Gasteiger partial charge in [-0.25, -0.2) is 0 Å². The molecule has 0 rings (SSSR count). The Morgan fingerprint density at radius 3 is 3.00 bits per heavy atom. The fraction of sp³-hybridized carbons (Fsp3) is 0.400. The highest BCUT2D eigenvalue weighted by Gasteiger charge is 1.80. The van der Waals surface area contributed by atoms with Crippen LogP contribution < -0.4 is 5.32 Å². The van der Waals surface area contributed by atoms with Gasteiger partial charge in [-0.15, -0.1) is 6.58 Å². The van der Waals surface area contributed by atoms with Crippen molar-refractivity contribution in [1.29, 1.82) is 0 Å². The topological polar surface area (TPSA) is 29.1 Å². The standard InChI is InChI=1S/C5H9NO/c1-3-4-6-5(2)7/h3H,1,4H2,2H3,(H,6,7)/i3D. The number of carbonyl (C=O) groups excluding carboxylic acids is 1. The lowest BCUT2D eigenvalue weighted by atomic mass is 10.6. The second-order valence-corrected chi connectivity index (χ2v) is 1.16. The minimum absolute atomic E-state index is 0.126. The largest absolute Gasteiger partial charge is 0.353 e. The van der Waals surface area contributed by atoms with Crippen LogP contribution in [0.3, 0.4) is 0 Å².